The van der Waals surface area contributed by atoms with Gasteiger partial charge in [0.2, 0.25) is 0 Å². The van der Waals surface area contributed by atoms with E-state index in [-0.39, 0.29) is 15.3 Å². The summed E-state index contributed by atoms with van der Waals surface area (Å²) in [4.78, 5) is 0. The Balaban J connectivity index is 2.39. The van der Waals surface area contributed by atoms with Crippen LogP contribution in [-0.2, 0) is 3.74 Å². The summed E-state index contributed by atoms with van der Waals surface area (Å²) in [6.07, 6.45) is 0. The molecule has 5 heteroatoms. The van der Waals surface area contributed by atoms with Crippen LogP contribution < -0.4 is 4.46 Å². The van der Waals surface area contributed by atoms with Crippen LogP contribution >= 0.6 is 0 Å². The molecule has 1 aromatic carbocycles. The standard InChI is InChI=1S/C6H7BO3Se/c8-7(9)10-11-6-4-2-1-3-5-6/h1-5,8-9H. The number of hydrogen-bond acceptors (Lipinski definition) is 3. The minimum atomic E-state index is -1.66. The van der Waals surface area contributed by atoms with Gasteiger partial charge in [-0.15, -0.1) is 0 Å². The SMILES string of the molecule is OB(O)O[Se]c1ccccc1. The Bertz CT molecular complexity index is 204. The summed E-state index contributed by atoms with van der Waals surface area (Å²) in [5.74, 6) is 0. The maximum atomic E-state index is 8.36. The molecule has 0 heterocycles. The average Bonchev–Trinajstić information content (AvgIpc) is 2.03. The van der Waals surface area contributed by atoms with Crippen molar-refractivity contribution in [3.63, 3.8) is 0 Å². The molecule has 1 rings (SSSR count). The molecule has 0 bridgehead atoms. The normalized spacial score (nSPS) is 9.64. The first-order valence-corrected chi connectivity index (χ1v) is 4.59. The van der Waals surface area contributed by atoms with E-state index in [2.05, 4.69) is 3.74 Å². The third kappa shape index (κ3) is 3.55. The quantitative estimate of drug-likeness (QED) is 0.633. The summed E-state index contributed by atoms with van der Waals surface area (Å²) in [5, 5.41) is 16.7. The van der Waals surface area contributed by atoms with Gasteiger partial charge < -0.3 is 0 Å². The second-order valence-corrected chi connectivity index (χ2v) is 3.56. The maximum absolute atomic E-state index is 8.36. The third-order valence-electron chi connectivity index (χ3n) is 0.974. The molecule has 1 aromatic rings. The van der Waals surface area contributed by atoms with Gasteiger partial charge in [-0.2, -0.15) is 0 Å². The molecule has 0 saturated heterocycles. The topological polar surface area (TPSA) is 49.7 Å². The molecule has 0 aliphatic rings. The van der Waals surface area contributed by atoms with Gasteiger partial charge in [-0.25, -0.2) is 0 Å². The van der Waals surface area contributed by atoms with Crippen LogP contribution in [-0.4, -0.2) is 32.7 Å². The van der Waals surface area contributed by atoms with Gasteiger partial charge in [0, 0.05) is 0 Å². The first-order valence-electron chi connectivity index (χ1n) is 3.03. The Morgan fingerprint density at radius 3 is 2.36 bits per heavy atom. The summed E-state index contributed by atoms with van der Waals surface area (Å²) in [6, 6.07) is 9.41. The van der Waals surface area contributed by atoms with Crippen LogP contribution in [0.4, 0.5) is 0 Å². The summed E-state index contributed by atoms with van der Waals surface area (Å²) in [7, 11) is -1.66. The van der Waals surface area contributed by atoms with E-state index in [1.807, 2.05) is 30.3 Å². The summed E-state index contributed by atoms with van der Waals surface area (Å²) in [5.41, 5.74) is 0. The van der Waals surface area contributed by atoms with Gasteiger partial charge in [-0.3, -0.25) is 0 Å². The second-order valence-electron chi connectivity index (χ2n) is 1.82. The summed E-state index contributed by atoms with van der Waals surface area (Å²) >= 11 is -0.310. The summed E-state index contributed by atoms with van der Waals surface area (Å²) in [6.45, 7) is 0. The van der Waals surface area contributed by atoms with Crippen LogP contribution in [0.5, 0.6) is 0 Å². The third-order valence-corrected chi connectivity index (χ3v) is 2.51. The average molecular weight is 217 g/mol. The van der Waals surface area contributed by atoms with Gasteiger partial charge >= 0.3 is 71.2 Å². The van der Waals surface area contributed by atoms with Crippen molar-refractivity contribution in [2.24, 2.45) is 0 Å². The molecule has 0 saturated carbocycles. The predicted molar refractivity (Wildman–Crippen MR) is 43.1 cm³/mol. The van der Waals surface area contributed by atoms with Crippen LogP contribution in [0.2, 0.25) is 0 Å². The molecule has 0 fully saturated rings. The second kappa shape index (κ2) is 4.54. The molecular weight excluding hydrogens is 210 g/mol. The fourth-order valence-corrected chi connectivity index (χ4v) is 1.55. The molecule has 0 unspecified atom stereocenters. The number of rotatable bonds is 3. The Hall–Kier alpha value is -0.316. The molecule has 58 valence electrons. The van der Waals surface area contributed by atoms with Crippen molar-refractivity contribution in [3.8, 4) is 0 Å². The van der Waals surface area contributed by atoms with E-state index in [0.717, 1.165) is 4.46 Å². The van der Waals surface area contributed by atoms with Crippen molar-refractivity contribution < 1.29 is 13.8 Å². The van der Waals surface area contributed by atoms with Crippen LogP contribution in [0.25, 0.3) is 0 Å². The minimum absolute atomic E-state index is 0.310. The van der Waals surface area contributed by atoms with Gasteiger partial charge in [0.05, 0.1) is 0 Å². The van der Waals surface area contributed by atoms with E-state index in [0.29, 0.717) is 0 Å². The fraction of sp³-hybridized carbons (Fsp3) is 0. The van der Waals surface area contributed by atoms with Gasteiger partial charge in [0.25, 0.3) is 0 Å². The first-order chi connectivity index (χ1) is 5.29. The van der Waals surface area contributed by atoms with Crippen LogP contribution in [0.3, 0.4) is 0 Å². The fourth-order valence-electron chi connectivity index (χ4n) is 0.575. The molecule has 0 aliphatic carbocycles. The van der Waals surface area contributed by atoms with Crippen molar-refractivity contribution in [2.75, 3.05) is 0 Å². The molecular formula is C6H7BO3Se. The van der Waals surface area contributed by atoms with Crippen LogP contribution in [0.1, 0.15) is 0 Å². The number of hydrogen-bond donors (Lipinski definition) is 2. The molecule has 0 atom stereocenters. The van der Waals surface area contributed by atoms with Crippen LogP contribution in [0.15, 0.2) is 30.3 Å². The van der Waals surface area contributed by atoms with E-state index in [1.165, 1.54) is 0 Å². The zero-order chi connectivity index (χ0) is 8.10. The van der Waals surface area contributed by atoms with E-state index in [9.17, 15) is 0 Å². The molecule has 0 aliphatic heterocycles. The van der Waals surface area contributed by atoms with Gasteiger partial charge in [-0.1, -0.05) is 0 Å². The molecule has 3 nitrogen and oxygen atoms in total. The Labute approximate surface area is 71.7 Å². The Kier molecular flexibility index (Phi) is 3.62. The van der Waals surface area contributed by atoms with Crippen molar-refractivity contribution in [2.45, 2.75) is 0 Å². The van der Waals surface area contributed by atoms with Crippen molar-refractivity contribution in [3.05, 3.63) is 30.3 Å². The molecule has 0 radical (unpaired) electrons. The Morgan fingerprint density at radius 2 is 1.82 bits per heavy atom. The predicted octanol–water partition coefficient (Wildman–Crippen LogP) is -1.08. The molecule has 11 heavy (non-hydrogen) atoms. The van der Waals surface area contributed by atoms with Gasteiger partial charge in [-0.05, 0) is 0 Å². The zero-order valence-electron chi connectivity index (χ0n) is 5.68. The van der Waals surface area contributed by atoms with Gasteiger partial charge in [0.15, 0.2) is 0 Å². The van der Waals surface area contributed by atoms with E-state index < -0.39 is 7.32 Å². The van der Waals surface area contributed by atoms with Crippen molar-refractivity contribution in [1.29, 1.82) is 0 Å². The monoisotopic (exact) mass is 218 g/mol. The van der Waals surface area contributed by atoms with E-state index >= 15 is 0 Å². The van der Waals surface area contributed by atoms with Gasteiger partial charge in [0.1, 0.15) is 0 Å². The molecule has 2 N–H and O–H groups in total. The molecule has 0 spiro atoms. The number of benzene rings is 1. The van der Waals surface area contributed by atoms with Crippen LogP contribution in [0, 0.1) is 0 Å². The first kappa shape index (κ1) is 8.78. The summed E-state index contributed by atoms with van der Waals surface area (Å²) < 4.78 is 5.58. The zero-order valence-corrected chi connectivity index (χ0v) is 7.39. The molecule has 0 aromatic heterocycles. The van der Waals surface area contributed by atoms with E-state index in [1.54, 1.807) is 0 Å². The van der Waals surface area contributed by atoms with E-state index in [4.69, 9.17) is 10.0 Å². The van der Waals surface area contributed by atoms with Crippen molar-refractivity contribution in [1.82, 2.24) is 0 Å². The molecule has 0 amide bonds. The Morgan fingerprint density at radius 1 is 1.18 bits per heavy atom. The van der Waals surface area contributed by atoms with Crippen molar-refractivity contribution >= 4 is 27.1 Å².